The van der Waals surface area contributed by atoms with Gasteiger partial charge in [0.25, 0.3) is 0 Å². The summed E-state index contributed by atoms with van der Waals surface area (Å²) >= 11 is 2.00. The van der Waals surface area contributed by atoms with Gasteiger partial charge >= 0.3 is 5.97 Å². The second kappa shape index (κ2) is 13.1. The molecule has 0 saturated carbocycles. The van der Waals surface area contributed by atoms with Gasteiger partial charge in [-0.2, -0.15) is 11.8 Å². The predicted molar refractivity (Wildman–Crippen MR) is 134 cm³/mol. The van der Waals surface area contributed by atoms with Crippen LogP contribution in [0.25, 0.3) is 10.9 Å². The van der Waals surface area contributed by atoms with Crippen molar-refractivity contribution in [3.8, 4) is 5.75 Å². The number of fused-ring (bicyclic) bond motifs is 1. The van der Waals surface area contributed by atoms with Crippen LogP contribution < -0.4 is 4.74 Å². The highest BCUT2D eigenvalue weighted by Crippen LogP contribution is 2.32. The molecular formula is C26H37FN2O3S. The first-order chi connectivity index (χ1) is 16.0. The van der Waals surface area contributed by atoms with Crippen LogP contribution in [-0.2, 0) is 11.2 Å². The molecule has 0 amide bonds. The molecule has 2 aromatic rings. The Bertz CT molecular complexity index is 910. The number of likely N-dealkylation sites (tertiary alicyclic amines) is 1. The maximum Gasteiger partial charge on any atom is 0.303 e. The van der Waals surface area contributed by atoms with Crippen LogP contribution in [0.5, 0.6) is 5.75 Å². The summed E-state index contributed by atoms with van der Waals surface area (Å²) in [4.78, 5) is 18.1. The zero-order valence-corrected chi connectivity index (χ0v) is 20.7. The van der Waals surface area contributed by atoms with Crippen LogP contribution in [0.1, 0.15) is 51.0 Å². The van der Waals surface area contributed by atoms with Gasteiger partial charge in [0.1, 0.15) is 11.6 Å². The summed E-state index contributed by atoms with van der Waals surface area (Å²) in [7, 11) is 1.60. The van der Waals surface area contributed by atoms with Crippen molar-refractivity contribution in [3.05, 3.63) is 35.8 Å². The molecule has 1 aliphatic rings. The zero-order chi connectivity index (χ0) is 23.6. The third kappa shape index (κ3) is 7.57. The fraction of sp³-hybridized carbons (Fsp3) is 0.615. The molecule has 7 heteroatoms. The molecule has 1 fully saturated rings. The maximum absolute atomic E-state index is 14.6. The number of aryl methyl sites for hydroxylation is 1. The second-order valence-electron chi connectivity index (χ2n) is 9.03. The molecule has 1 saturated heterocycles. The Balaban J connectivity index is 1.57. The Morgan fingerprint density at radius 3 is 2.91 bits per heavy atom. The standard InChI is InChI=1S/C26H37FN2O3S/c1-3-4-13-33-14-12-29-11-10-19(20(18-29)15-26(30)31)6-5-7-22-23-16-21(32-2)8-9-25(23)28-17-24(22)27/h8-9,16-17,19-20H,3-7,10-15,18H2,1-2H3,(H,30,31). The molecule has 2 unspecified atom stereocenters. The van der Waals surface area contributed by atoms with E-state index in [1.807, 2.05) is 30.0 Å². The number of carboxylic acids is 1. The number of aliphatic carboxylic acids is 1. The van der Waals surface area contributed by atoms with Crippen molar-refractivity contribution < 1.29 is 19.0 Å². The Labute approximate surface area is 201 Å². The van der Waals surface area contributed by atoms with Gasteiger partial charge in [0.2, 0.25) is 0 Å². The Kier molecular flexibility index (Phi) is 10.3. The lowest BCUT2D eigenvalue weighted by Crippen LogP contribution is -2.42. The topological polar surface area (TPSA) is 62.7 Å². The van der Waals surface area contributed by atoms with E-state index in [2.05, 4.69) is 16.8 Å². The lowest BCUT2D eigenvalue weighted by Gasteiger charge is -2.38. The number of ether oxygens (including phenoxy) is 1. The van der Waals surface area contributed by atoms with Gasteiger partial charge in [-0.05, 0) is 80.0 Å². The van der Waals surface area contributed by atoms with E-state index in [4.69, 9.17) is 4.74 Å². The van der Waals surface area contributed by atoms with Gasteiger partial charge in [-0.15, -0.1) is 0 Å². The van der Waals surface area contributed by atoms with Crippen LogP contribution >= 0.6 is 11.8 Å². The highest BCUT2D eigenvalue weighted by molar-refractivity contribution is 7.99. The van der Waals surface area contributed by atoms with E-state index in [1.54, 1.807) is 7.11 Å². The summed E-state index contributed by atoms with van der Waals surface area (Å²) in [5.41, 5.74) is 1.44. The molecule has 33 heavy (non-hydrogen) atoms. The molecule has 1 aliphatic heterocycles. The number of nitrogens with zero attached hydrogens (tertiary/aromatic N) is 2. The van der Waals surface area contributed by atoms with E-state index < -0.39 is 5.97 Å². The van der Waals surface area contributed by atoms with Gasteiger partial charge in [0.05, 0.1) is 18.8 Å². The van der Waals surface area contributed by atoms with Crippen LogP contribution in [-0.4, -0.2) is 59.2 Å². The van der Waals surface area contributed by atoms with Crippen LogP contribution in [0.4, 0.5) is 4.39 Å². The van der Waals surface area contributed by atoms with Gasteiger partial charge in [0, 0.05) is 30.6 Å². The normalized spacial score (nSPS) is 19.1. The number of hydrogen-bond acceptors (Lipinski definition) is 5. The molecule has 1 N–H and O–H groups in total. The SMILES string of the molecule is CCCCSCCN1CCC(CCCc2c(F)cnc3ccc(OC)cc23)C(CC(=O)O)C1. The molecule has 1 aromatic heterocycles. The Morgan fingerprint density at radius 1 is 1.30 bits per heavy atom. The Morgan fingerprint density at radius 2 is 2.15 bits per heavy atom. The highest BCUT2D eigenvalue weighted by atomic mass is 32.2. The molecule has 2 atom stereocenters. The summed E-state index contributed by atoms with van der Waals surface area (Å²) < 4.78 is 19.9. The predicted octanol–water partition coefficient (Wildman–Crippen LogP) is 5.65. The van der Waals surface area contributed by atoms with Crippen molar-refractivity contribution in [1.82, 2.24) is 9.88 Å². The molecule has 0 spiro atoms. The largest absolute Gasteiger partial charge is 0.497 e. The van der Waals surface area contributed by atoms with E-state index in [9.17, 15) is 14.3 Å². The van der Waals surface area contributed by atoms with Crippen LogP contribution in [0.15, 0.2) is 24.4 Å². The summed E-state index contributed by atoms with van der Waals surface area (Å²) in [5.74, 6) is 2.54. The van der Waals surface area contributed by atoms with Crippen LogP contribution in [0, 0.1) is 17.7 Å². The number of hydrogen-bond donors (Lipinski definition) is 1. The molecule has 2 heterocycles. The third-order valence-corrected chi connectivity index (χ3v) is 7.79. The fourth-order valence-electron chi connectivity index (χ4n) is 4.86. The number of pyridine rings is 1. The average Bonchev–Trinajstić information content (AvgIpc) is 2.80. The molecule has 3 rings (SSSR count). The smallest absolute Gasteiger partial charge is 0.303 e. The minimum Gasteiger partial charge on any atom is -0.497 e. The summed E-state index contributed by atoms with van der Waals surface area (Å²) in [6.45, 7) is 5.13. The first-order valence-electron chi connectivity index (χ1n) is 12.1. The van der Waals surface area contributed by atoms with Gasteiger partial charge in [0.15, 0.2) is 0 Å². The fourth-order valence-corrected chi connectivity index (χ4v) is 5.95. The van der Waals surface area contributed by atoms with Crippen LogP contribution in [0.2, 0.25) is 0 Å². The quantitative estimate of drug-likeness (QED) is 0.377. The molecule has 0 aliphatic carbocycles. The first kappa shape index (κ1) is 25.8. The van der Waals surface area contributed by atoms with E-state index in [1.165, 1.54) is 24.8 Å². The first-order valence-corrected chi connectivity index (χ1v) is 13.3. The maximum atomic E-state index is 14.6. The summed E-state index contributed by atoms with van der Waals surface area (Å²) in [6, 6.07) is 5.55. The monoisotopic (exact) mass is 476 g/mol. The number of methoxy groups -OCH3 is 1. The van der Waals surface area contributed by atoms with Crippen molar-refractivity contribution in [2.75, 3.05) is 38.2 Å². The van der Waals surface area contributed by atoms with Crippen molar-refractivity contribution in [2.24, 2.45) is 11.8 Å². The number of piperidine rings is 1. The van der Waals surface area contributed by atoms with E-state index >= 15 is 0 Å². The van der Waals surface area contributed by atoms with E-state index in [-0.39, 0.29) is 18.2 Å². The molecule has 1 aromatic carbocycles. The van der Waals surface area contributed by atoms with Crippen LogP contribution in [0.3, 0.4) is 0 Å². The van der Waals surface area contributed by atoms with Gasteiger partial charge < -0.3 is 14.7 Å². The molecule has 5 nitrogen and oxygen atoms in total. The lowest BCUT2D eigenvalue weighted by molar-refractivity contribution is -0.139. The molecule has 0 radical (unpaired) electrons. The van der Waals surface area contributed by atoms with Crippen molar-refractivity contribution >= 4 is 28.6 Å². The zero-order valence-electron chi connectivity index (χ0n) is 19.9. The van der Waals surface area contributed by atoms with Crippen molar-refractivity contribution in [2.45, 2.75) is 51.9 Å². The number of unbranched alkanes of at least 4 members (excludes halogenated alkanes) is 1. The van der Waals surface area contributed by atoms with Gasteiger partial charge in [-0.25, -0.2) is 4.39 Å². The average molecular weight is 477 g/mol. The van der Waals surface area contributed by atoms with Crippen molar-refractivity contribution in [1.29, 1.82) is 0 Å². The Hall–Kier alpha value is -1.86. The molecular weight excluding hydrogens is 439 g/mol. The number of thioether (sulfide) groups is 1. The number of carbonyl (C=O) groups is 1. The number of halogens is 1. The minimum absolute atomic E-state index is 0.163. The number of aromatic nitrogens is 1. The van der Waals surface area contributed by atoms with Gasteiger partial charge in [-0.1, -0.05) is 13.3 Å². The van der Waals surface area contributed by atoms with E-state index in [0.29, 0.717) is 23.7 Å². The number of rotatable bonds is 13. The second-order valence-corrected chi connectivity index (χ2v) is 10.3. The molecule has 182 valence electrons. The summed E-state index contributed by atoms with van der Waals surface area (Å²) in [5, 5.41) is 10.3. The lowest BCUT2D eigenvalue weighted by atomic mass is 9.80. The highest BCUT2D eigenvalue weighted by Gasteiger charge is 2.30. The summed E-state index contributed by atoms with van der Waals surface area (Å²) in [6.07, 6.45) is 7.39. The number of benzene rings is 1. The molecule has 0 bridgehead atoms. The third-order valence-electron chi connectivity index (χ3n) is 6.74. The number of carboxylic acid groups (broad SMARTS) is 1. The van der Waals surface area contributed by atoms with Gasteiger partial charge in [-0.3, -0.25) is 9.78 Å². The van der Waals surface area contributed by atoms with E-state index in [0.717, 1.165) is 55.6 Å². The minimum atomic E-state index is -0.720. The van der Waals surface area contributed by atoms with Crippen molar-refractivity contribution in [3.63, 3.8) is 0 Å².